The number of benzene rings is 1. The molecule has 0 atom stereocenters. The standard InChI is InChI=1S/C16H20N2OS2.ClH/c1-2-17-9-10-18-16(19)14-7-3-4-8-15(14)21-12-13-6-5-11-20-13;/h3-8,11,17H,2,9-10,12H2,1H3,(H,18,19);1H. The van der Waals surface area contributed by atoms with Gasteiger partial charge < -0.3 is 10.6 Å². The van der Waals surface area contributed by atoms with E-state index in [1.807, 2.05) is 24.3 Å². The Hall–Kier alpha value is -1.01. The highest BCUT2D eigenvalue weighted by atomic mass is 35.5. The van der Waals surface area contributed by atoms with Crippen molar-refractivity contribution in [2.24, 2.45) is 0 Å². The number of thioether (sulfide) groups is 1. The maximum absolute atomic E-state index is 12.2. The van der Waals surface area contributed by atoms with Crippen molar-refractivity contribution in [1.29, 1.82) is 0 Å². The third-order valence-electron chi connectivity index (χ3n) is 2.92. The van der Waals surface area contributed by atoms with Gasteiger partial charge in [0.05, 0.1) is 5.56 Å². The average Bonchev–Trinajstić information content (AvgIpc) is 3.03. The van der Waals surface area contributed by atoms with Crippen LogP contribution in [-0.2, 0) is 5.75 Å². The number of rotatable bonds is 8. The first-order chi connectivity index (χ1) is 10.3. The van der Waals surface area contributed by atoms with Gasteiger partial charge in [0.25, 0.3) is 5.91 Å². The van der Waals surface area contributed by atoms with E-state index in [9.17, 15) is 4.79 Å². The molecule has 22 heavy (non-hydrogen) atoms. The van der Waals surface area contributed by atoms with Crippen LogP contribution in [0.15, 0.2) is 46.7 Å². The van der Waals surface area contributed by atoms with Gasteiger partial charge in [0, 0.05) is 28.6 Å². The van der Waals surface area contributed by atoms with E-state index in [4.69, 9.17) is 0 Å². The van der Waals surface area contributed by atoms with E-state index in [2.05, 4.69) is 35.1 Å². The molecule has 1 heterocycles. The molecule has 0 bridgehead atoms. The van der Waals surface area contributed by atoms with Gasteiger partial charge in [0.2, 0.25) is 0 Å². The molecule has 0 spiro atoms. The van der Waals surface area contributed by atoms with Crippen molar-refractivity contribution < 1.29 is 4.79 Å². The molecule has 120 valence electrons. The summed E-state index contributed by atoms with van der Waals surface area (Å²) >= 11 is 3.46. The molecule has 2 rings (SSSR count). The minimum absolute atomic E-state index is 0. The van der Waals surface area contributed by atoms with Crippen molar-refractivity contribution in [2.75, 3.05) is 19.6 Å². The van der Waals surface area contributed by atoms with Crippen LogP contribution >= 0.6 is 35.5 Å². The first-order valence-electron chi connectivity index (χ1n) is 7.04. The fourth-order valence-electron chi connectivity index (χ4n) is 1.86. The largest absolute Gasteiger partial charge is 0.351 e. The molecule has 0 aliphatic carbocycles. The minimum atomic E-state index is 0. The quantitative estimate of drug-likeness (QED) is 0.558. The Morgan fingerprint density at radius 1 is 1.18 bits per heavy atom. The van der Waals surface area contributed by atoms with Crippen molar-refractivity contribution in [3.05, 3.63) is 52.2 Å². The van der Waals surface area contributed by atoms with Gasteiger partial charge in [0.1, 0.15) is 0 Å². The molecule has 3 nitrogen and oxygen atoms in total. The van der Waals surface area contributed by atoms with Crippen LogP contribution in [0.1, 0.15) is 22.2 Å². The van der Waals surface area contributed by atoms with Crippen LogP contribution in [0.25, 0.3) is 0 Å². The van der Waals surface area contributed by atoms with Crippen LogP contribution in [0.3, 0.4) is 0 Å². The van der Waals surface area contributed by atoms with E-state index in [1.165, 1.54) is 4.88 Å². The van der Waals surface area contributed by atoms with Gasteiger partial charge >= 0.3 is 0 Å². The van der Waals surface area contributed by atoms with Crippen molar-refractivity contribution in [1.82, 2.24) is 10.6 Å². The zero-order valence-corrected chi connectivity index (χ0v) is 15.0. The predicted molar refractivity (Wildman–Crippen MR) is 98.4 cm³/mol. The number of halogens is 1. The molecule has 2 N–H and O–H groups in total. The summed E-state index contributed by atoms with van der Waals surface area (Å²) < 4.78 is 0. The van der Waals surface area contributed by atoms with Gasteiger partial charge in [-0.25, -0.2) is 0 Å². The van der Waals surface area contributed by atoms with Gasteiger partial charge in [-0.05, 0) is 30.1 Å². The molecule has 6 heteroatoms. The van der Waals surface area contributed by atoms with Crippen LogP contribution < -0.4 is 10.6 Å². The number of carbonyl (C=O) groups excluding carboxylic acids is 1. The van der Waals surface area contributed by atoms with Crippen molar-refractivity contribution in [2.45, 2.75) is 17.6 Å². The lowest BCUT2D eigenvalue weighted by molar-refractivity contribution is 0.0951. The summed E-state index contributed by atoms with van der Waals surface area (Å²) in [5.41, 5.74) is 0.760. The number of hydrogen-bond donors (Lipinski definition) is 2. The fraction of sp³-hybridized carbons (Fsp3) is 0.312. The monoisotopic (exact) mass is 356 g/mol. The molecule has 0 aliphatic heterocycles. The van der Waals surface area contributed by atoms with E-state index in [0.29, 0.717) is 6.54 Å². The highest BCUT2D eigenvalue weighted by Crippen LogP contribution is 2.27. The first-order valence-corrected chi connectivity index (χ1v) is 8.91. The number of nitrogens with one attached hydrogen (secondary N) is 2. The molecule has 2 aromatic rings. The molecule has 1 aromatic carbocycles. The lowest BCUT2D eigenvalue weighted by Gasteiger charge is -2.09. The summed E-state index contributed by atoms with van der Waals surface area (Å²) in [6, 6.07) is 12.0. The molecule has 1 amide bonds. The van der Waals surface area contributed by atoms with Crippen molar-refractivity contribution in [3.8, 4) is 0 Å². The third-order valence-corrected chi connectivity index (χ3v) is 5.10. The van der Waals surface area contributed by atoms with Gasteiger partial charge in [-0.1, -0.05) is 25.1 Å². The summed E-state index contributed by atoms with van der Waals surface area (Å²) in [6.07, 6.45) is 0. The molecule has 0 radical (unpaired) electrons. The number of amides is 1. The molecule has 0 fully saturated rings. The summed E-state index contributed by atoms with van der Waals surface area (Å²) in [7, 11) is 0. The van der Waals surface area contributed by atoms with Crippen molar-refractivity contribution >= 4 is 41.4 Å². The highest BCUT2D eigenvalue weighted by Gasteiger charge is 2.10. The molecular weight excluding hydrogens is 336 g/mol. The number of thiophene rings is 1. The third kappa shape index (κ3) is 6.01. The lowest BCUT2D eigenvalue weighted by Crippen LogP contribution is -2.31. The molecular formula is C16H21ClN2OS2. The summed E-state index contributed by atoms with van der Waals surface area (Å²) in [5.74, 6) is 0.904. The zero-order chi connectivity index (χ0) is 14.9. The van der Waals surface area contributed by atoms with Crippen LogP contribution in [0.5, 0.6) is 0 Å². The molecule has 1 aromatic heterocycles. The Morgan fingerprint density at radius 2 is 2.00 bits per heavy atom. The smallest absolute Gasteiger partial charge is 0.252 e. The maximum Gasteiger partial charge on any atom is 0.252 e. The molecule has 0 saturated heterocycles. The van der Waals surface area contributed by atoms with Gasteiger partial charge in [-0.3, -0.25) is 4.79 Å². The predicted octanol–water partition coefficient (Wildman–Crippen LogP) is 3.80. The zero-order valence-electron chi connectivity index (χ0n) is 12.5. The Balaban J connectivity index is 0.00000242. The van der Waals surface area contributed by atoms with Crippen LogP contribution in [0.2, 0.25) is 0 Å². The summed E-state index contributed by atoms with van der Waals surface area (Å²) in [6.45, 7) is 4.42. The second kappa shape index (κ2) is 10.7. The van der Waals surface area contributed by atoms with E-state index in [-0.39, 0.29) is 18.3 Å². The number of likely N-dealkylation sites (N-methyl/N-ethyl adjacent to an activating group) is 1. The maximum atomic E-state index is 12.2. The van der Waals surface area contributed by atoms with E-state index < -0.39 is 0 Å². The Labute approximate surface area is 146 Å². The number of carbonyl (C=O) groups is 1. The summed E-state index contributed by atoms with van der Waals surface area (Å²) in [5, 5.41) is 8.23. The van der Waals surface area contributed by atoms with E-state index >= 15 is 0 Å². The van der Waals surface area contributed by atoms with E-state index in [1.54, 1.807) is 23.1 Å². The van der Waals surface area contributed by atoms with Gasteiger partial charge in [-0.2, -0.15) is 0 Å². The van der Waals surface area contributed by atoms with Crippen molar-refractivity contribution in [3.63, 3.8) is 0 Å². The van der Waals surface area contributed by atoms with Gasteiger partial charge in [-0.15, -0.1) is 35.5 Å². The van der Waals surface area contributed by atoms with Crippen LogP contribution in [0, 0.1) is 0 Å². The fourth-order valence-corrected chi connectivity index (χ4v) is 3.68. The molecule has 0 aliphatic rings. The minimum Gasteiger partial charge on any atom is -0.351 e. The number of hydrogen-bond acceptors (Lipinski definition) is 4. The van der Waals surface area contributed by atoms with Gasteiger partial charge in [0.15, 0.2) is 0 Å². The Kier molecular flexibility index (Phi) is 9.24. The Morgan fingerprint density at radius 3 is 2.73 bits per heavy atom. The first kappa shape index (κ1) is 19.0. The van der Waals surface area contributed by atoms with Crippen LogP contribution in [0.4, 0.5) is 0 Å². The second-order valence-corrected chi connectivity index (χ2v) is 6.52. The van der Waals surface area contributed by atoms with Crippen LogP contribution in [-0.4, -0.2) is 25.5 Å². The Bertz CT molecular complexity index is 561. The molecule has 0 unspecified atom stereocenters. The average molecular weight is 357 g/mol. The SMILES string of the molecule is CCNCCNC(=O)c1ccccc1SCc1cccs1.Cl. The highest BCUT2D eigenvalue weighted by molar-refractivity contribution is 7.98. The lowest BCUT2D eigenvalue weighted by atomic mass is 10.2. The molecule has 0 saturated carbocycles. The summed E-state index contributed by atoms with van der Waals surface area (Å²) in [4.78, 5) is 14.6. The second-order valence-electron chi connectivity index (χ2n) is 4.47. The van der Waals surface area contributed by atoms with E-state index in [0.717, 1.165) is 29.3 Å². The normalized spacial score (nSPS) is 10.0. The topological polar surface area (TPSA) is 41.1 Å².